The van der Waals surface area contributed by atoms with Gasteiger partial charge in [0.25, 0.3) is 0 Å². The van der Waals surface area contributed by atoms with Crippen molar-refractivity contribution in [2.75, 3.05) is 14.2 Å². The van der Waals surface area contributed by atoms with Crippen molar-refractivity contribution in [1.29, 1.82) is 0 Å². The summed E-state index contributed by atoms with van der Waals surface area (Å²) in [4.78, 5) is 35.9. The maximum atomic E-state index is 12.1. The van der Waals surface area contributed by atoms with E-state index in [1.807, 2.05) is 12.1 Å². The molecule has 1 aromatic carbocycles. The van der Waals surface area contributed by atoms with Gasteiger partial charge in [0.1, 0.15) is 11.8 Å². The second-order valence-electron chi connectivity index (χ2n) is 5.32. The number of fused-ring (bicyclic) bond motifs is 1. The van der Waals surface area contributed by atoms with Gasteiger partial charge in [0.15, 0.2) is 0 Å². The van der Waals surface area contributed by atoms with Gasteiger partial charge < -0.3 is 9.47 Å². The van der Waals surface area contributed by atoms with E-state index in [9.17, 15) is 14.4 Å². The molecule has 3 rings (SSSR count). The van der Waals surface area contributed by atoms with Crippen LogP contribution in [-0.4, -0.2) is 38.0 Å². The van der Waals surface area contributed by atoms with Crippen molar-refractivity contribution in [3.8, 4) is 5.75 Å². The van der Waals surface area contributed by atoms with Crippen LogP contribution in [0.4, 0.5) is 0 Å². The number of carbonyl (C=O) groups excluding carboxylic acids is 3. The van der Waals surface area contributed by atoms with Crippen molar-refractivity contribution in [3.05, 3.63) is 29.8 Å². The molecule has 1 aromatic rings. The fourth-order valence-corrected chi connectivity index (χ4v) is 3.19. The molecule has 2 heterocycles. The van der Waals surface area contributed by atoms with Gasteiger partial charge in [-0.3, -0.25) is 25.0 Å². The third-order valence-electron chi connectivity index (χ3n) is 4.25. The molecule has 4 atom stereocenters. The number of hydrogen-bond acceptors (Lipinski definition) is 6. The van der Waals surface area contributed by atoms with E-state index >= 15 is 0 Å². The lowest BCUT2D eigenvalue weighted by molar-refractivity contribution is -0.145. The summed E-state index contributed by atoms with van der Waals surface area (Å²) in [6.45, 7) is 0. The zero-order valence-corrected chi connectivity index (χ0v) is 12.2. The van der Waals surface area contributed by atoms with Crippen LogP contribution in [0.5, 0.6) is 5.75 Å². The highest BCUT2D eigenvalue weighted by Gasteiger charge is 2.58. The van der Waals surface area contributed by atoms with Gasteiger partial charge in [-0.05, 0) is 17.7 Å². The van der Waals surface area contributed by atoms with Gasteiger partial charge in [-0.1, -0.05) is 12.1 Å². The maximum absolute atomic E-state index is 12.1. The molecule has 0 spiro atoms. The van der Waals surface area contributed by atoms with Crippen molar-refractivity contribution in [3.63, 3.8) is 0 Å². The molecule has 116 valence electrons. The molecule has 0 aliphatic carbocycles. The number of methoxy groups -OCH3 is 2. The SMILES string of the molecule is COC(=O)[C@@H]1N[C@H](c2ccc(OC)cc2)[C@@H]2C(=O)NC(=O)[C@@H]21. The predicted octanol–water partition coefficient (Wildman–Crippen LogP) is -0.230. The van der Waals surface area contributed by atoms with Crippen LogP contribution in [0.2, 0.25) is 0 Å². The van der Waals surface area contributed by atoms with Crippen molar-refractivity contribution in [1.82, 2.24) is 10.6 Å². The molecule has 7 nitrogen and oxygen atoms in total. The highest BCUT2D eigenvalue weighted by molar-refractivity contribution is 6.08. The van der Waals surface area contributed by atoms with Gasteiger partial charge in [-0.15, -0.1) is 0 Å². The Labute approximate surface area is 127 Å². The minimum absolute atomic E-state index is 0.366. The summed E-state index contributed by atoms with van der Waals surface area (Å²) in [5.74, 6) is -2.02. The minimum Gasteiger partial charge on any atom is -0.497 e. The lowest BCUT2D eigenvalue weighted by Gasteiger charge is -2.17. The van der Waals surface area contributed by atoms with Crippen molar-refractivity contribution >= 4 is 17.8 Å². The standard InChI is InChI=1S/C15H16N2O5/c1-21-8-5-3-7(4-6-8)11-9-10(14(19)17-13(9)18)12(16-11)15(20)22-2/h3-6,9-12,16H,1-2H3,(H,17,18,19)/t9-,10+,11-,12-/m1/s1. The Morgan fingerprint density at radius 1 is 1.05 bits per heavy atom. The van der Waals surface area contributed by atoms with Crippen molar-refractivity contribution < 1.29 is 23.9 Å². The van der Waals surface area contributed by atoms with E-state index in [2.05, 4.69) is 10.6 Å². The molecule has 0 saturated carbocycles. The molecule has 2 fully saturated rings. The fraction of sp³-hybridized carbons (Fsp3) is 0.400. The van der Waals surface area contributed by atoms with Crippen LogP contribution in [0.15, 0.2) is 24.3 Å². The molecule has 2 amide bonds. The average molecular weight is 304 g/mol. The first-order valence-electron chi connectivity index (χ1n) is 6.89. The van der Waals surface area contributed by atoms with E-state index in [1.54, 1.807) is 19.2 Å². The predicted molar refractivity (Wildman–Crippen MR) is 74.8 cm³/mol. The smallest absolute Gasteiger partial charge is 0.323 e. The van der Waals surface area contributed by atoms with Gasteiger partial charge >= 0.3 is 5.97 Å². The average Bonchev–Trinajstić information content (AvgIpc) is 3.06. The van der Waals surface area contributed by atoms with E-state index in [-0.39, 0.29) is 5.91 Å². The van der Waals surface area contributed by atoms with E-state index in [0.29, 0.717) is 5.75 Å². The topological polar surface area (TPSA) is 93.7 Å². The lowest BCUT2D eigenvalue weighted by Crippen LogP contribution is -2.42. The van der Waals surface area contributed by atoms with Gasteiger partial charge in [0.05, 0.1) is 26.1 Å². The lowest BCUT2D eigenvalue weighted by atomic mass is 9.86. The number of esters is 1. The van der Waals surface area contributed by atoms with E-state index in [0.717, 1.165) is 5.56 Å². The molecule has 7 heteroatoms. The molecule has 2 N–H and O–H groups in total. The van der Waals surface area contributed by atoms with Crippen molar-refractivity contribution in [2.24, 2.45) is 11.8 Å². The Hall–Kier alpha value is -2.41. The summed E-state index contributed by atoms with van der Waals surface area (Å²) in [7, 11) is 2.82. The number of nitrogens with one attached hydrogen (secondary N) is 2. The first-order chi connectivity index (χ1) is 10.6. The molecule has 22 heavy (non-hydrogen) atoms. The second-order valence-corrected chi connectivity index (χ2v) is 5.32. The minimum atomic E-state index is -0.825. The quantitative estimate of drug-likeness (QED) is 0.592. The largest absolute Gasteiger partial charge is 0.497 e. The fourth-order valence-electron chi connectivity index (χ4n) is 3.19. The second kappa shape index (κ2) is 5.42. The molecular weight excluding hydrogens is 288 g/mol. The number of amides is 2. The first kappa shape index (κ1) is 14.5. The first-order valence-corrected chi connectivity index (χ1v) is 6.89. The van der Waals surface area contributed by atoms with Crippen LogP contribution < -0.4 is 15.4 Å². The number of rotatable bonds is 3. The number of hydrogen-bond donors (Lipinski definition) is 2. The highest BCUT2D eigenvalue weighted by atomic mass is 16.5. The van der Waals surface area contributed by atoms with E-state index in [4.69, 9.17) is 9.47 Å². The molecule has 0 unspecified atom stereocenters. The van der Waals surface area contributed by atoms with Gasteiger partial charge in [-0.2, -0.15) is 0 Å². The van der Waals surface area contributed by atoms with E-state index < -0.39 is 35.8 Å². The summed E-state index contributed by atoms with van der Waals surface area (Å²) in [5, 5.41) is 5.36. The summed E-state index contributed by atoms with van der Waals surface area (Å²) in [6, 6.07) is 5.91. The molecule has 0 radical (unpaired) electrons. The molecular formula is C15H16N2O5. The Morgan fingerprint density at radius 2 is 1.68 bits per heavy atom. The Balaban J connectivity index is 1.95. The summed E-state index contributed by atoms with van der Waals surface area (Å²) >= 11 is 0. The zero-order valence-electron chi connectivity index (χ0n) is 12.2. The Morgan fingerprint density at radius 3 is 2.27 bits per heavy atom. The molecule has 2 saturated heterocycles. The third kappa shape index (κ3) is 2.14. The number of ether oxygens (including phenoxy) is 2. The number of imide groups is 1. The van der Waals surface area contributed by atoms with Crippen LogP contribution in [-0.2, 0) is 19.1 Å². The van der Waals surface area contributed by atoms with Crippen LogP contribution >= 0.6 is 0 Å². The summed E-state index contributed by atoms with van der Waals surface area (Å²) < 4.78 is 9.84. The summed E-state index contributed by atoms with van der Waals surface area (Å²) in [5.41, 5.74) is 0.812. The normalized spacial score (nSPS) is 29.9. The van der Waals surface area contributed by atoms with Crippen LogP contribution in [0, 0.1) is 11.8 Å². The molecule has 2 aliphatic heterocycles. The highest BCUT2D eigenvalue weighted by Crippen LogP contribution is 2.41. The zero-order chi connectivity index (χ0) is 15.9. The Kier molecular flexibility index (Phi) is 3.58. The van der Waals surface area contributed by atoms with Crippen molar-refractivity contribution in [2.45, 2.75) is 12.1 Å². The number of carbonyl (C=O) groups is 3. The molecule has 0 aromatic heterocycles. The molecule has 2 aliphatic rings. The van der Waals surface area contributed by atoms with Crippen LogP contribution in [0.1, 0.15) is 11.6 Å². The van der Waals surface area contributed by atoms with Crippen LogP contribution in [0.3, 0.4) is 0 Å². The maximum Gasteiger partial charge on any atom is 0.323 e. The third-order valence-corrected chi connectivity index (χ3v) is 4.25. The summed E-state index contributed by atoms with van der Waals surface area (Å²) in [6.07, 6.45) is 0. The molecule has 0 bridgehead atoms. The van der Waals surface area contributed by atoms with E-state index in [1.165, 1.54) is 7.11 Å². The van der Waals surface area contributed by atoms with Gasteiger partial charge in [-0.25, -0.2) is 0 Å². The number of benzene rings is 1. The monoisotopic (exact) mass is 304 g/mol. The van der Waals surface area contributed by atoms with Gasteiger partial charge in [0.2, 0.25) is 11.8 Å². The van der Waals surface area contributed by atoms with Gasteiger partial charge in [0, 0.05) is 6.04 Å². The Bertz CT molecular complexity index is 627. The van der Waals surface area contributed by atoms with Crippen LogP contribution in [0.25, 0.3) is 0 Å².